The highest BCUT2D eigenvalue weighted by Crippen LogP contribution is 2.28. The number of fused-ring (bicyclic) bond motifs is 1. The fraction of sp³-hybridized carbons (Fsp3) is 0.154. The Morgan fingerprint density at radius 3 is 2.51 bits per heavy atom. The molecule has 0 atom stereocenters. The third-order valence-corrected chi connectivity index (χ3v) is 6.10. The van der Waals surface area contributed by atoms with Gasteiger partial charge in [-0.05, 0) is 66.7 Å². The van der Waals surface area contributed by atoms with E-state index in [0.29, 0.717) is 35.2 Å². The molecule has 3 N–H and O–H groups in total. The number of carbonyl (C=O) groups excluding carboxylic acids is 2. The maximum atomic E-state index is 12.6. The molecule has 0 aliphatic heterocycles. The van der Waals surface area contributed by atoms with E-state index in [1.807, 2.05) is 55.5 Å². The van der Waals surface area contributed by atoms with Crippen LogP contribution in [0.1, 0.15) is 35.7 Å². The number of nitrogens with one attached hydrogen (secondary N) is 3. The number of hydrogen-bond donors (Lipinski definition) is 3. The summed E-state index contributed by atoms with van der Waals surface area (Å²) in [5.41, 5.74) is 3.02. The molecule has 0 bridgehead atoms. The summed E-state index contributed by atoms with van der Waals surface area (Å²) < 4.78 is 6.65. The number of ether oxygens (including phenoxy) is 1. The summed E-state index contributed by atoms with van der Waals surface area (Å²) in [4.78, 5) is 28.8. The summed E-state index contributed by atoms with van der Waals surface area (Å²) in [5, 5.41) is 9.26. The number of rotatable bonds is 8. The number of aromatic nitrogens is 1. The maximum absolute atomic E-state index is 12.6. The van der Waals surface area contributed by atoms with E-state index in [4.69, 9.17) is 17.0 Å². The van der Waals surface area contributed by atoms with Gasteiger partial charge in [0.2, 0.25) is 5.91 Å². The van der Waals surface area contributed by atoms with Crippen LogP contribution in [0.5, 0.6) is 5.75 Å². The number of amides is 2. The van der Waals surface area contributed by atoms with Crippen LogP contribution in [0, 0.1) is 0 Å². The third kappa shape index (κ3) is 6.84. The topological polar surface area (TPSA) is 92.4 Å². The average Bonchev–Trinajstić information content (AvgIpc) is 3.25. The summed E-state index contributed by atoms with van der Waals surface area (Å²) in [7, 11) is 0. The molecule has 178 valence electrons. The second-order valence-corrected chi connectivity index (χ2v) is 9.15. The third-order valence-electron chi connectivity index (χ3n) is 4.96. The minimum atomic E-state index is -0.322. The van der Waals surface area contributed by atoms with Crippen LogP contribution in [-0.4, -0.2) is 21.9 Å². The molecule has 1 heterocycles. The number of nitrogens with zero attached hydrogens (tertiary/aromatic N) is 1. The van der Waals surface area contributed by atoms with Crippen molar-refractivity contribution in [2.75, 3.05) is 10.6 Å². The van der Waals surface area contributed by atoms with Crippen molar-refractivity contribution in [3.8, 4) is 5.75 Å². The lowest BCUT2D eigenvalue weighted by molar-refractivity contribution is -0.116. The fourth-order valence-electron chi connectivity index (χ4n) is 3.25. The molecular weight excluding hydrogens is 480 g/mol. The predicted octanol–water partition coefficient (Wildman–Crippen LogP) is 5.74. The van der Waals surface area contributed by atoms with E-state index in [0.717, 1.165) is 22.2 Å². The minimum Gasteiger partial charge on any atom is -0.489 e. The Balaban J connectivity index is 1.31. The first kappa shape index (κ1) is 24.3. The van der Waals surface area contributed by atoms with E-state index in [-0.39, 0.29) is 16.9 Å². The second kappa shape index (κ2) is 11.5. The van der Waals surface area contributed by atoms with Gasteiger partial charge in [0.25, 0.3) is 5.91 Å². The Bertz CT molecular complexity index is 1340. The Morgan fingerprint density at radius 1 is 1.00 bits per heavy atom. The minimum absolute atomic E-state index is 0.0513. The molecule has 0 unspecified atom stereocenters. The Hall–Kier alpha value is -3.82. The van der Waals surface area contributed by atoms with Crippen LogP contribution in [0.25, 0.3) is 10.2 Å². The lowest BCUT2D eigenvalue weighted by atomic mass is 10.2. The smallest absolute Gasteiger partial charge is 0.257 e. The molecule has 2 amide bonds. The zero-order valence-corrected chi connectivity index (χ0v) is 20.7. The van der Waals surface area contributed by atoms with Gasteiger partial charge >= 0.3 is 0 Å². The van der Waals surface area contributed by atoms with E-state index in [2.05, 4.69) is 20.9 Å². The second-order valence-electron chi connectivity index (χ2n) is 7.71. The van der Waals surface area contributed by atoms with Crippen molar-refractivity contribution in [2.24, 2.45) is 0 Å². The molecule has 0 spiro atoms. The SMILES string of the molecule is CCCC(=O)Nc1nc2ccc(NC(=S)NC(=O)c3ccc(OCc4ccccc4)cc3)cc2s1. The lowest BCUT2D eigenvalue weighted by Crippen LogP contribution is -2.34. The molecule has 0 radical (unpaired) electrons. The van der Waals surface area contributed by atoms with Crippen molar-refractivity contribution in [2.45, 2.75) is 26.4 Å². The molecule has 0 aliphatic carbocycles. The van der Waals surface area contributed by atoms with Crippen LogP contribution in [0.4, 0.5) is 10.8 Å². The molecule has 3 aromatic carbocycles. The Labute approximate surface area is 212 Å². The first-order valence-electron chi connectivity index (χ1n) is 11.1. The summed E-state index contributed by atoms with van der Waals surface area (Å²) >= 11 is 6.69. The molecule has 7 nitrogen and oxygen atoms in total. The van der Waals surface area contributed by atoms with Crippen LogP contribution in [0.2, 0.25) is 0 Å². The highest BCUT2D eigenvalue weighted by atomic mass is 32.1. The molecule has 4 rings (SSSR count). The monoisotopic (exact) mass is 504 g/mol. The van der Waals surface area contributed by atoms with Crippen LogP contribution in [-0.2, 0) is 11.4 Å². The molecule has 4 aromatic rings. The fourth-order valence-corrected chi connectivity index (χ4v) is 4.38. The van der Waals surface area contributed by atoms with Crippen molar-refractivity contribution >= 4 is 61.5 Å². The van der Waals surface area contributed by atoms with Gasteiger partial charge in [-0.25, -0.2) is 4.98 Å². The van der Waals surface area contributed by atoms with Gasteiger partial charge in [0, 0.05) is 17.7 Å². The number of carbonyl (C=O) groups is 2. The molecule has 0 saturated carbocycles. The van der Waals surface area contributed by atoms with Crippen molar-refractivity contribution in [3.63, 3.8) is 0 Å². The standard InChI is InChI=1S/C26H24N4O3S2/c1-2-6-23(31)29-26-28-21-14-11-19(15-22(21)35-26)27-25(34)30-24(32)18-9-12-20(13-10-18)33-16-17-7-4-3-5-8-17/h3-5,7-15H,2,6,16H2,1H3,(H,28,29,31)(H2,27,30,32,34). The van der Waals surface area contributed by atoms with Crippen molar-refractivity contribution in [3.05, 3.63) is 83.9 Å². The first-order valence-corrected chi connectivity index (χ1v) is 12.3. The van der Waals surface area contributed by atoms with E-state index in [9.17, 15) is 9.59 Å². The van der Waals surface area contributed by atoms with Crippen molar-refractivity contribution in [1.82, 2.24) is 10.3 Å². The quantitative estimate of drug-likeness (QED) is 0.265. The molecule has 0 saturated heterocycles. The number of benzene rings is 3. The number of hydrogen-bond acceptors (Lipinski definition) is 6. The van der Waals surface area contributed by atoms with Crippen LogP contribution in [0.3, 0.4) is 0 Å². The van der Waals surface area contributed by atoms with Gasteiger partial charge in [-0.2, -0.15) is 0 Å². The van der Waals surface area contributed by atoms with E-state index in [1.54, 1.807) is 24.3 Å². The molecular formula is C26H24N4O3S2. The molecule has 35 heavy (non-hydrogen) atoms. The van der Waals surface area contributed by atoms with Gasteiger partial charge < -0.3 is 15.4 Å². The lowest BCUT2D eigenvalue weighted by Gasteiger charge is -2.10. The first-order chi connectivity index (χ1) is 17.0. The van der Waals surface area contributed by atoms with E-state index < -0.39 is 0 Å². The zero-order valence-electron chi connectivity index (χ0n) is 19.0. The molecule has 0 aliphatic rings. The van der Waals surface area contributed by atoms with Crippen molar-refractivity contribution in [1.29, 1.82) is 0 Å². The number of thiazole rings is 1. The van der Waals surface area contributed by atoms with Gasteiger partial charge in [-0.3, -0.25) is 14.9 Å². The Morgan fingerprint density at radius 2 is 1.77 bits per heavy atom. The summed E-state index contributed by atoms with van der Waals surface area (Å²) in [6.45, 7) is 2.41. The number of thiocarbonyl (C=S) groups is 1. The Kier molecular flexibility index (Phi) is 8.02. The molecule has 1 aromatic heterocycles. The van der Waals surface area contributed by atoms with Gasteiger partial charge in [-0.15, -0.1) is 0 Å². The zero-order chi connectivity index (χ0) is 24.6. The summed E-state index contributed by atoms with van der Waals surface area (Å²) in [5.74, 6) is 0.302. The van der Waals surface area contributed by atoms with E-state index in [1.165, 1.54) is 11.3 Å². The predicted molar refractivity (Wildman–Crippen MR) is 144 cm³/mol. The van der Waals surface area contributed by atoms with E-state index >= 15 is 0 Å². The number of anilines is 2. The van der Waals surface area contributed by atoms with Crippen LogP contribution < -0.4 is 20.7 Å². The summed E-state index contributed by atoms with van der Waals surface area (Å²) in [6.07, 6.45) is 1.24. The maximum Gasteiger partial charge on any atom is 0.257 e. The van der Waals surface area contributed by atoms with Crippen LogP contribution in [0.15, 0.2) is 72.8 Å². The van der Waals surface area contributed by atoms with Gasteiger partial charge in [0.15, 0.2) is 10.2 Å². The highest BCUT2D eigenvalue weighted by molar-refractivity contribution is 7.80. The average molecular weight is 505 g/mol. The highest BCUT2D eigenvalue weighted by Gasteiger charge is 2.11. The summed E-state index contributed by atoms with van der Waals surface area (Å²) in [6, 6.07) is 22.3. The van der Waals surface area contributed by atoms with Gasteiger partial charge in [0.05, 0.1) is 10.2 Å². The van der Waals surface area contributed by atoms with Crippen LogP contribution >= 0.6 is 23.6 Å². The van der Waals surface area contributed by atoms with Crippen molar-refractivity contribution < 1.29 is 14.3 Å². The largest absolute Gasteiger partial charge is 0.489 e. The normalized spacial score (nSPS) is 10.5. The molecule has 9 heteroatoms. The molecule has 0 fully saturated rings. The van der Waals surface area contributed by atoms with Gasteiger partial charge in [0.1, 0.15) is 12.4 Å². The van der Waals surface area contributed by atoms with Gasteiger partial charge in [-0.1, -0.05) is 48.6 Å².